The van der Waals surface area contributed by atoms with Gasteiger partial charge in [0.2, 0.25) is 11.8 Å². The van der Waals surface area contributed by atoms with Crippen LogP contribution in [0.1, 0.15) is 22.0 Å². The first kappa shape index (κ1) is 23.3. The zero-order chi connectivity index (χ0) is 23.9. The second kappa shape index (κ2) is 10.9. The van der Waals surface area contributed by atoms with Crippen molar-refractivity contribution in [2.45, 2.75) is 19.0 Å². The number of carbonyl (C=O) groups excluding carboxylic acids is 2. The van der Waals surface area contributed by atoms with Crippen LogP contribution in [0.25, 0.3) is 0 Å². The third-order valence-electron chi connectivity index (χ3n) is 5.29. The van der Waals surface area contributed by atoms with Gasteiger partial charge in [-0.15, -0.1) is 11.3 Å². The van der Waals surface area contributed by atoms with Gasteiger partial charge < -0.3 is 5.32 Å². The molecule has 1 N–H and O–H groups in total. The number of thiophene rings is 1. The molecular formula is C27H22F2N2O2S. The molecule has 7 heteroatoms. The minimum absolute atomic E-state index is 0.0198. The highest BCUT2D eigenvalue weighted by molar-refractivity contribution is 7.10. The fourth-order valence-electron chi connectivity index (χ4n) is 3.66. The Kier molecular flexibility index (Phi) is 7.44. The zero-order valence-corrected chi connectivity index (χ0v) is 19.0. The average molecular weight is 477 g/mol. The summed E-state index contributed by atoms with van der Waals surface area (Å²) in [7, 11) is 0. The number of halogens is 2. The molecule has 0 bridgehead atoms. The van der Waals surface area contributed by atoms with E-state index in [2.05, 4.69) is 5.32 Å². The van der Waals surface area contributed by atoms with Gasteiger partial charge in [-0.05, 0) is 47.3 Å². The van der Waals surface area contributed by atoms with E-state index in [1.165, 1.54) is 58.7 Å². The van der Waals surface area contributed by atoms with Crippen LogP contribution in [0.3, 0.4) is 0 Å². The number of hydrogen-bond donors (Lipinski definition) is 1. The van der Waals surface area contributed by atoms with E-state index in [1.807, 2.05) is 47.8 Å². The van der Waals surface area contributed by atoms with Gasteiger partial charge in [0, 0.05) is 22.7 Å². The molecule has 34 heavy (non-hydrogen) atoms. The van der Waals surface area contributed by atoms with Gasteiger partial charge in [0.05, 0.1) is 6.42 Å². The molecule has 0 saturated carbocycles. The Bertz CT molecular complexity index is 1250. The molecule has 3 aromatic carbocycles. The van der Waals surface area contributed by atoms with E-state index in [9.17, 15) is 18.4 Å². The maximum Gasteiger partial charge on any atom is 0.248 e. The predicted octanol–water partition coefficient (Wildman–Crippen LogP) is 5.66. The van der Waals surface area contributed by atoms with E-state index in [4.69, 9.17) is 0 Å². The molecule has 4 nitrogen and oxygen atoms in total. The molecule has 1 atom stereocenters. The number of anilines is 1. The summed E-state index contributed by atoms with van der Waals surface area (Å²) in [4.78, 5) is 29.1. The van der Waals surface area contributed by atoms with Crippen LogP contribution in [0.15, 0.2) is 96.4 Å². The number of benzene rings is 3. The number of nitrogens with one attached hydrogen (secondary N) is 1. The highest BCUT2D eigenvalue weighted by atomic mass is 32.1. The highest BCUT2D eigenvalue weighted by Crippen LogP contribution is 2.31. The van der Waals surface area contributed by atoms with Crippen LogP contribution in [-0.2, 0) is 22.6 Å². The van der Waals surface area contributed by atoms with Crippen molar-refractivity contribution in [1.29, 1.82) is 0 Å². The fourth-order valence-corrected chi connectivity index (χ4v) is 4.36. The van der Waals surface area contributed by atoms with Gasteiger partial charge in [0.1, 0.15) is 17.7 Å². The minimum Gasteiger partial charge on any atom is -0.350 e. The Morgan fingerprint density at radius 3 is 2.24 bits per heavy atom. The van der Waals surface area contributed by atoms with Crippen molar-refractivity contribution in [2.24, 2.45) is 0 Å². The second-order valence-electron chi connectivity index (χ2n) is 7.62. The van der Waals surface area contributed by atoms with Crippen molar-refractivity contribution < 1.29 is 18.4 Å². The van der Waals surface area contributed by atoms with Gasteiger partial charge in [0.15, 0.2) is 0 Å². The second-order valence-corrected chi connectivity index (χ2v) is 8.66. The largest absolute Gasteiger partial charge is 0.350 e. The Morgan fingerprint density at radius 2 is 1.56 bits per heavy atom. The molecule has 0 radical (unpaired) electrons. The van der Waals surface area contributed by atoms with E-state index < -0.39 is 29.5 Å². The Balaban J connectivity index is 1.74. The van der Waals surface area contributed by atoms with Crippen LogP contribution in [0.2, 0.25) is 0 Å². The summed E-state index contributed by atoms with van der Waals surface area (Å²) in [5.74, 6) is -2.04. The monoisotopic (exact) mass is 476 g/mol. The molecule has 1 heterocycles. The molecule has 0 aliphatic carbocycles. The SMILES string of the molecule is O=C(NCc1ccccc1)[C@H](c1ccccc1F)N(C(=O)Cc1cccs1)c1ccc(F)cc1. The van der Waals surface area contributed by atoms with E-state index >= 15 is 0 Å². The normalized spacial score (nSPS) is 11.6. The lowest BCUT2D eigenvalue weighted by Crippen LogP contribution is -2.44. The maximum atomic E-state index is 15.0. The van der Waals surface area contributed by atoms with E-state index in [0.29, 0.717) is 5.69 Å². The van der Waals surface area contributed by atoms with Crippen LogP contribution >= 0.6 is 11.3 Å². The number of amides is 2. The molecule has 4 aromatic rings. The Morgan fingerprint density at radius 1 is 0.853 bits per heavy atom. The van der Waals surface area contributed by atoms with Crippen molar-refractivity contribution in [1.82, 2.24) is 5.32 Å². The van der Waals surface area contributed by atoms with Gasteiger partial charge in [-0.1, -0.05) is 54.6 Å². The van der Waals surface area contributed by atoms with E-state index in [1.54, 1.807) is 6.07 Å². The molecule has 2 amide bonds. The summed E-state index contributed by atoms with van der Waals surface area (Å²) in [6.45, 7) is 0.209. The van der Waals surface area contributed by atoms with E-state index in [0.717, 1.165) is 10.4 Å². The number of hydrogen-bond acceptors (Lipinski definition) is 3. The van der Waals surface area contributed by atoms with Gasteiger partial charge in [-0.2, -0.15) is 0 Å². The standard InChI is InChI=1S/C27H22F2N2O2S/c28-20-12-14-21(15-13-20)31(25(32)17-22-9-6-16-34-22)26(23-10-4-5-11-24(23)29)27(33)30-18-19-7-2-1-3-8-19/h1-16,26H,17-18H2,(H,30,33)/t26-/m0/s1. The van der Waals surface area contributed by atoms with Gasteiger partial charge in [-0.3, -0.25) is 14.5 Å². The molecule has 0 saturated heterocycles. The summed E-state index contributed by atoms with van der Waals surface area (Å²) < 4.78 is 28.6. The lowest BCUT2D eigenvalue weighted by Gasteiger charge is -2.31. The predicted molar refractivity (Wildman–Crippen MR) is 129 cm³/mol. The molecule has 0 unspecified atom stereocenters. The number of nitrogens with zero attached hydrogens (tertiary/aromatic N) is 1. The van der Waals surface area contributed by atoms with Gasteiger partial charge in [0.25, 0.3) is 0 Å². The lowest BCUT2D eigenvalue weighted by atomic mass is 10.0. The molecule has 0 aliphatic rings. The van der Waals surface area contributed by atoms with Crippen molar-refractivity contribution >= 4 is 28.8 Å². The third-order valence-corrected chi connectivity index (χ3v) is 6.17. The first-order valence-electron chi connectivity index (χ1n) is 10.7. The van der Waals surface area contributed by atoms with E-state index in [-0.39, 0.29) is 18.5 Å². The molecular weight excluding hydrogens is 454 g/mol. The minimum atomic E-state index is -1.29. The maximum absolute atomic E-state index is 15.0. The van der Waals surface area contributed by atoms with Crippen LogP contribution in [0, 0.1) is 11.6 Å². The first-order chi connectivity index (χ1) is 16.5. The van der Waals surface area contributed by atoms with Crippen LogP contribution in [-0.4, -0.2) is 11.8 Å². The number of rotatable bonds is 8. The van der Waals surface area contributed by atoms with Crippen LogP contribution in [0.4, 0.5) is 14.5 Å². The summed E-state index contributed by atoms with van der Waals surface area (Å²) in [5, 5.41) is 4.68. The van der Waals surface area contributed by atoms with Crippen LogP contribution in [0.5, 0.6) is 0 Å². The Hall–Kier alpha value is -3.84. The van der Waals surface area contributed by atoms with Crippen LogP contribution < -0.4 is 10.2 Å². The molecule has 0 aliphatic heterocycles. The lowest BCUT2D eigenvalue weighted by molar-refractivity contribution is -0.126. The molecule has 172 valence electrons. The molecule has 0 fully saturated rings. The van der Waals surface area contributed by atoms with Gasteiger partial charge >= 0.3 is 0 Å². The topological polar surface area (TPSA) is 49.4 Å². The molecule has 1 aromatic heterocycles. The van der Waals surface area contributed by atoms with Crippen molar-refractivity contribution in [3.8, 4) is 0 Å². The smallest absolute Gasteiger partial charge is 0.248 e. The fraction of sp³-hybridized carbons (Fsp3) is 0.111. The summed E-state index contributed by atoms with van der Waals surface area (Å²) in [6, 6.07) is 22.8. The zero-order valence-electron chi connectivity index (χ0n) is 18.2. The van der Waals surface area contributed by atoms with Crippen molar-refractivity contribution in [2.75, 3.05) is 4.90 Å². The summed E-state index contributed by atoms with van der Waals surface area (Å²) >= 11 is 1.41. The Labute approximate surface area is 200 Å². The molecule has 0 spiro atoms. The average Bonchev–Trinajstić information content (AvgIpc) is 3.36. The van der Waals surface area contributed by atoms with Gasteiger partial charge in [-0.25, -0.2) is 8.78 Å². The quantitative estimate of drug-likeness (QED) is 0.357. The van der Waals surface area contributed by atoms with Crippen molar-refractivity contribution in [3.05, 3.63) is 124 Å². The highest BCUT2D eigenvalue weighted by Gasteiger charge is 2.34. The van der Waals surface area contributed by atoms with Crippen molar-refractivity contribution in [3.63, 3.8) is 0 Å². The molecule has 4 rings (SSSR count). The first-order valence-corrected chi connectivity index (χ1v) is 11.6. The summed E-state index contributed by atoms with van der Waals surface area (Å²) in [5.41, 5.74) is 1.21. The number of carbonyl (C=O) groups is 2. The third kappa shape index (κ3) is 5.55. The summed E-state index contributed by atoms with van der Waals surface area (Å²) in [6.07, 6.45) is 0.0198.